The number of nitrogens with one attached hydrogen (secondary N) is 1. The summed E-state index contributed by atoms with van der Waals surface area (Å²) in [5.41, 5.74) is 3.76. The van der Waals surface area contributed by atoms with Gasteiger partial charge in [-0.05, 0) is 55.3 Å². The van der Waals surface area contributed by atoms with E-state index in [1.807, 2.05) is 67.9 Å². The van der Waals surface area contributed by atoms with Gasteiger partial charge in [0.2, 0.25) is 5.91 Å². The van der Waals surface area contributed by atoms with Crippen molar-refractivity contribution in [3.63, 3.8) is 0 Å². The van der Waals surface area contributed by atoms with Gasteiger partial charge in [0.25, 0.3) is 0 Å². The molecule has 0 aliphatic heterocycles. The molecule has 0 aliphatic carbocycles. The SMILES string of the molecule is Cc1ccc(C)c(NC(=O)CSc2nnc(-c3cc4cc(Br)ccc4o3)n2C)c1. The van der Waals surface area contributed by atoms with Gasteiger partial charge in [0.05, 0.1) is 5.75 Å². The van der Waals surface area contributed by atoms with Crippen molar-refractivity contribution >= 4 is 50.3 Å². The van der Waals surface area contributed by atoms with Crippen molar-refractivity contribution < 1.29 is 9.21 Å². The Hall–Kier alpha value is -2.58. The summed E-state index contributed by atoms with van der Waals surface area (Å²) in [7, 11) is 1.86. The molecular formula is C21H19BrN4O2S. The van der Waals surface area contributed by atoms with Crippen molar-refractivity contribution in [1.82, 2.24) is 14.8 Å². The van der Waals surface area contributed by atoms with Crippen molar-refractivity contribution in [3.05, 3.63) is 58.1 Å². The lowest BCUT2D eigenvalue weighted by Gasteiger charge is -2.09. The van der Waals surface area contributed by atoms with Gasteiger partial charge in [0, 0.05) is 22.6 Å². The zero-order valence-corrected chi connectivity index (χ0v) is 18.6. The van der Waals surface area contributed by atoms with Gasteiger partial charge < -0.3 is 14.3 Å². The molecule has 2 aromatic heterocycles. The summed E-state index contributed by atoms with van der Waals surface area (Å²) < 4.78 is 8.72. The van der Waals surface area contributed by atoms with Crippen LogP contribution in [0.5, 0.6) is 0 Å². The third-order valence-corrected chi connectivity index (χ3v) is 6.05. The molecule has 29 heavy (non-hydrogen) atoms. The van der Waals surface area contributed by atoms with Gasteiger partial charge in [-0.25, -0.2) is 0 Å². The Kier molecular flexibility index (Phi) is 5.47. The lowest BCUT2D eigenvalue weighted by molar-refractivity contribution is -0.113. The standard InChI is InChI=1S/C21H19BrN4O2S/c1-12-4-5-13(2)16(8-12)23-19(27)11-29-21-25-24-20(26(21)3)18-10-14-9-15(22)6-7-17(14)28-18/h4-10H,11H2,1-3H3,(H,23,27). The van der Waals surface area contributed by atoms with Crippen LogP contribution in [0.2, 0.25) is 0 Å². The topological polar surface area (TPSA) is 73.0 Å². The Bertz CT molecular complexity index is 1210. The van der Waals surface area contributed by atoms with E-state index in [0.29, 0.717) is 16.7 Å². The average Bonchev–Trinajstić information content (AvgIpc) is 3.25. The van der Waals surface area contributed by atoms with Crippen molar-refractivity contribution in [2.24, 2.45) is 7.05 Å². The highest BCUT2D eigenvalue weighted by atomic mass is 79.9. The highest BCUT2D eigenvalue weighted by Crippen LogP contribution is 2.30. The number of carbonyl (C=O) groups excluding carboxylic acids is 1. The molecular weight excluding hydrogens is 452 g/mol. The fourth-order valence-electron chi connectivity index (χ4n) is 2.97. The van der Waals surface area contributed by atoms with Crippen LogP contribution in [0.25, 0.3) is 22.6 Å². The van der Waals surface area contributed by atoms with Crippen LogP contribution in [-0.2, 0) is 11.8 Å². The first kappa shape index (κ1) is 19.7. The number of carbonyl (C=O) groups is 1. The number of benzene rings is 2. The van der Waals surface area contributed by atoms with Gasteiger partial charge in [0.15, 0.2) is 16.7 Å². The van der Waals surface area contributed by atoms with E-state index in [1.54, 1.807) is 0 Å². The average molecular weight is 471 g/mol. The predicted molar refractivity (Wildman–Crippen MR) is 119 cm³/mol. The number of aryl methyl sites for hydroxylation is 2. The van der Waals surface area contributed by atoms with E-state index in [0.717, 1.165) is 32.3 Å². The molecule has 1 amide bonds. The van der Waals surface area contributed by atoms with Crippen molar-refractivity contribution in [3.8, 4) is 11.6 Å². The van der Waals surface area contributed by atoms with Crippen LogP contribution in [0.4, 0.5) is 5.69 Å². The number of furan rings is 1. The van der Waals surface area contributed by atoms with Crippen LogP contribution >= 0.6 is 27.7 Å². The number of hydrogen-bond acceptors (Lipinski definition) is 5. The van der Waals surface area contributed by atoms with Gasteiger partial charge in [-0.1, -0.05) is 39.8 Å². The summed E-state index contributed by atoms with van der Waals surface area (Å²) in [5, 5.41) is 13.1. The summed E-state index contributed by atoms with van der Waals surface area (Å²) in [6.45, 7) is 3.98. The second kappa shape index (κ2) is 8.04. The minimum atomic E-state index is -0.0816. The Morgan fingerprint density at radius 2 is 2.00 bits per heavy atom. The third kappa shape index (κ3) is 4.23. The third-order valence-electron chi connectivity index (χ3n) is 4.53. The summed E-state index contributed by atoms with van der Waals surface area (Å²) in [6.07, 6.45) is 0. The largest absolute Gasteiger partial charge is 0.453 e. The maximum absolute atomic E-state index is 12.4. The number of rotatable bonds is 5. The lowest BCUT2D eigenvalue weighted by Crippen LogP contribution is -2.15. The molecule has 6 nitrogen and oxygen atoms in total. The first-order valence-corrected chi connectivity index (χ1v) is 10.8. The number of fused-ring (bicyclic) bond motifs is 1. The Morgan fingerprint density at radius 3 is 2.83 bits per heavy atom. The Balaban J connectivity index is 1.47. The van der Waals surface area contributed by atoms with Crippen LogP contribution in [-0.4, -0.2) is 26.4 Å². The molecule has 0 saturated carbocycles. The van der Waals surface area contributed by atoms with Gasteiger partial charge in [-0.15, -0.1) is 10.2 Å². The Labute approximate surface area is 180 Å². The monoisotopic (exact) mass is 470 g/mol. The maximum Gasteiger partial charge on any atom is 0.234 e. The zero-order chi connectivity index (χ0) is 20.5. The van der Waals surface area contributed by atoms with Crippen LogP contribution in [0.3, 0.4) is 0 Å². The molecule has 0 fully saturated rings. The summed E-state index contributed by atoms with van der Waals surface area (Å²) >= 11 is 4.80. The summed E-state index contributed by atoms with van der Waals surface area (Å²) in [6, 6.07) is 13.8. The molecule has 0 atom stereocenters. The van der Waals surface area contributed by atoms with Gasteiger partial charge in [-0.3, -0.25) is 4.79 Å². The molecule has 2 aromatic carbocycles. The number of aromatic nitrogens is 3. The molecule has 4 aromatic rings. The highest BCUT2D eigenvalue weighted by molar-refractivity contribution is 9.10. The highest BCUT2D eigenvalue weighted by Gasteiger charge is 2.17. The van der Waals surface area contributed by atoms with Gasteiger partial charge in [-0.2, -0.15) is 0 Å². The second-order valence-corrected chi connectivity index (χ2v) is 8.67. The van der Waals surface area contributed by atoms with E-state index < -0.39 is 0 Å². The minimum absolute atomic E-state index is 0.0816. The number of nitrogens with zero attached hydrogens (tertiary/aromatic N) is 3. The molecule has 8 heteroatoms. The summed E-state index contributed by atoms with van der Waals surface area (Å²) in [5.74, 6) is 1.42. The van der Waals surface area contributed by atoms with Crippen molar-refractivity contribution in [1.29, 1.82) is 0 Å². The second-order valence-electron chi connectivity index (χ2n) is 6.81. The first-order valence-electron chi connectivity index (χ1n) is 8.99. The number of halogens is 1. The summed E-state index contributed by atoms with van der Waals surface area (Å²) in [4.78, 5) is 12.4. The number of hydrogen-bond donors (Lipinski definition) is 1. The van der Waals surface area contributed by atoms with Gasteiger partial charge in [0.1, 0.15) is 5.58 Å². The molecule has 0 spiro atoms. The first-order chi connectivity index (χ1) is 13.9. The van der Waals surface area contributed by atoms with E-state index in [-0.39, 0.29) is 11.7 Å². The van der Waals surface area contributed by atoms with Gasteiger partial charge >= 0.3 is 0 Å². The molecule has 148 valence electrons. The van der Waals surface area contributed by atoms with Crippen LogP contribution in [0.15, 0.2) is 56.5 Å². The molecule has 0 bridgehead atoms. The fraction of sp³-hybridized carbons (Fsp3) is 0.190. The molecule has 2 heterocycles. The minimum Gasteiger partial charge on any atom is -0.453 e. The molecule has 0 unspecified atom stereocenters. The predicted octanol–water partition coefficient (Wildman–Crippen LogP) is 5.34. The van der Waals surface area contributed by atoms with E-state index in [4.69, 9.17) is 4.42 Å². The quantitative estimate of drug-likeness (QED) is 0.398. The van der Waals surface area contributed by atoms with E-state index in [9.17, 15) is 4.79 Å². The molecule has 0 aliphatic rings. The fourth-order valence-corrected chi connectivity index (χ4v) is 4.06. The number of amides is 1. The number of thioether (sulfide) groups is 1. The van der Waals surface area contributed by atoms with E-state index in [1.165, 1.54) is 11.8 Å². The van der Waals surface area contributed by atoms with E-state index >= 15 is 0 Å². The molecule has 1 N–H and O–H groups in total. The van der Waals surface area contributed by atoms with Crippen molar-refractivity contribution in [2.75, 3.05) is 11.1 Å². The molecule has 4 rings (SSSR count). The smallest absolute Gasteiger partial charge is 0.234 e. The van der Waals surface area contributed by atoms with Crippen LogP contribution in [0, 0.1) is 13.8 Å². The number of anilines is 1. The maximum atomic E-state index is 12.4. The van der Waals surface area contributed by atoms with Crippen LogP contribution in [0.1, 0.15) is 11.1 Å². The van der Waals surface area contributed by atoms with Crippen molar-refractivity contribution in [2.45, 2.75) is 19.0 Å². The zero-order valence-electron chi connectivity index (χ0n) is 16.2. The molecule has 0 radical (unpaired) electrons. The lowest BCUT2D eigenvalue weighted by atomic mass is 10.1. The van der Waals surface area contributed by atoms with Crippen LogP contribution < -0.4 is 5.32 Å². The molecule has 0 saturated heterocycles. The van der Waals surface area contributed by atoms with E-state index in [2.05, 4.69) is 31.4 Å². The Morgan fingerprint density at radius 1 is 1.17 bits per heavy atom. The normalized spacial score (nSPS) is 11.2.